The number of H-pyrrole nitrogens is 1. The number of ether oxygens (including phenoxy) is 4. The number of nitrogens with one attached hydrogen (secondary N) is 1. The van der Waals surface area contributed by atoms with E-state index in [4.69, 9.17) is 18.9 Å². The van der Waals surface area contributed by atoms with Crippen LogP contribution in [0, 0.1) is 0 Å². The number of hydrogen-bond acceptors (Lipinski definition) is 9. The summed E-state index contributed by atoms with van der Waals surface area (Å²) in [5.74, 6) is -2.25. The van der Waals surface area contributed by atoms with E-state index in [1.165, 1.54) is 0 Å². The number of aromatic nitrogens is 2. The molecule has 2 saturated heterocycles. The van der Waals surface area contributed by atoms with Crippen LogP contribution >= 0.6 is 0 Å². The highest BCUT2D eigenvalue weighted by Gasteiger charge is 2.61. The first kappa shape index (κ1) is 16.9. The number of carbonyl (C=O) groups is 3. The van der Waals surface area contributed by atoms with Gasteiger partial charge < -0.3 is 18.9 Å². The van der Waals surface area contributed by atoms with Crippen molar-refractivity contribution in [1.29, 1.82) is 0 Å². The summed E-state index contributed by atoms with van der Waals surface area (Å²) in [7, 11) is 0. The molecule has 1 N–H and O–H groups in total. The van der Waals surface area contributed by atoms with E-state index in [1.807, 2.05) is 4.98 Å². The monoisotopic (exact) mass is 354 g/mol. The number of hydrogen-bond donors (Lipinski definition) is 1. The maximum atomic E-state index is 12.0. The minimum absolute atomic E-state index is 0.618. The second-order valence-corrected chi connectivity index (χ2v) is 5.51. The zero-order chi connectivity index (χ0) is 18.3. The molecule has 25 heavy (non-hydrogen) atoms. The molecular formula is C14H14N2O9. The molecule has 0 spiro atoms. The first-order valence-corrected chi connectivity index (χ1v) is 7.30. The lowest BCUT2D eigenvalue weighted by atomic mass is 10.1. The molecule has 0 unspecified atom stereocenters. The fourth-order valence-corrected chi connectivity index (χ4v) is 2.84. The lowest BCUT2D eigenvalue weighted by Crippen LogP contribution is -2.40. The fourth-order valence-electron chi connectivity index (χ4n) is 2.84. The second-order valence-electron chi connectivity index (χ2n) is 5.51. The molecule has 2 aliphatic heterocycles. The van der Waals surface area contributed by atoms with Crippen LogP contribution in [0.25, 0.3) is 0 Å². The van der Waals surface area contributed by atoms with E-state index in [1.54, 1.807) is 0 Å². The molecule has 2 aliphatic rings. The summed E-state index contributed by atoms with van der Waals surface area (Å²) in [4.78, 5) is 59.7. The van der Waals surface area contributed by atoms with Crippen molar-refractivity contribution in [2.75, 3.05) is 0 Å². The highest BCUT2D eigenvalue weighted by molar-refractivity contribution is 5.81. The van der Waals surface area contributed by atoms with Crippen molar-refractivity contribution in [3.8, 4) is 0 Å². The molecule has 3 heterocycles. The smallest absolute Gasteiger partial charge is 0.350 e. The van der Waals surface area contributed by atoms with Crippen molar-refractivity contribution in [3.05, 3.63) is 33.1 Å². The lowest BCUT2D eigenvalue weighted by Gasteiger charge is -2.22. The largest absolute Gasteiger partial charge is 0.454 e. The normalized spacial score (nSPS) is 30.5. The fraction of sp³-hybridized carbons (Fsp3) is 0.500. The van der Waals surface area contributed by atoms with Gasteiger partial charge in [0.2, 0.25) is 6.10 Å². The summed E-state index contributed by atoms with van der Waals surface area (Å²) < 4.78 is 21.8. The van der Waals surface area contributed by atoms with Gasteiger partial charge >= 0.3 is 23.6 Å². The molecule has 0 saturated carbocycles. The summed E-state index contributed by atoms with van der Waals surface area (Å²) in [6.07, 6.45) is -4.64. The first-order valence-electron chi connectivity index (χ1n) is 7.30. The zero-order valence-electron chi connectivity index (χ0n) is 13.2. The summed E-state index contributed by atoms with van der Waals surface area (Å²) >= 11 is 0. The van der Waals surface area contributed by atoms with E-state index in [2.05, 4.69) is 0 Å². The van der Waals surface area contributed by atoms with Crippen LogP contribution in [-0.4, -0.2) is 51.9 Å². The molecule has 1 aromatic heterocycles. The molecule has 11 nitrogen and oxygen atoms in total. The van der Waals surface area contributed by atoms with Crippen LogP contribution in [0.3, 0.4) is 0 Å². The van der Waals surface area contributed by atoms with Crippen molar-refractivity contribution in [1.82, 2.24) is 9.55 Å². The molecule has 5 atom stereocenters. The van der Waals surface area contributed by atoms with Crippen LogP contribution in [0.2, 0.25) is 0 Å². The predicted octanol–water partition coefficient (Wildman–Crippen LogP) is -1.78. The third kappa shape index (κ3) is 3.05. The van der Waals surface area contributed by atoms with Crippen LogP contribution in [0.1, 0.15) is 20.1 Å². The number of rotatable bonds is 3. The third-order valence-electron chi connectivity index (χ3n) is 3.73. The van der Waals surface area contributed by atoms with Gasteiger partial charge in [-0.2, -0.15) is 0 Å². The molecule has 0 amide bonds. The molecule has 1 aromatic rings. The van der Waals surface area contributed by atoms with Crippen molar-refractivity contribution < 1.29 is 33.3 Å². The Bertz CT molecular complexity index is 841. The van der Waals surface area contributed by atoms with Gasteiger partial charge in [-0.25, -0.2) is 9.59 Å². The van der Waals surface area contributed by atoms with Crippen molar-refractivity contribution in [3.63, 3.8) is 0 Å². The molecule has 0 aromatic carbocycles. The van der Waals surface area contributed by atoms with Crippen LogP contribution < -0.4 is 11.2 Å². The average molecular weight is 354 g/mol. The van der Waals surface area contributed by atoms with Gasteiger partial charge in [0.1, 0.15) is 6.10 Å². The van der Waals surface area contributed by atoms with Gasteiger partial charge in [-0.05, 0) is 0 Å². The second kappa shape index (κ2) is 6.16. The Kier molecular flexibility index (Phi) is 4.17. The molecule has 3 rings (SSSR count). The Morgan fingerprint density at radius 1 is 1.12 bits per heavy atom. The van der Waals surface area contributed by atoms with Crippen molar-refractivity contribution in [2.24, 2.45) is 0 Å². The first-order chi connectivity index (χ1) is 11.8. The molecule has 11 heteroatoms. The Balaban J connectivity index is 1.97. The lowest BCUT2D eigenvalue weighted by molar-refractivity contribution is -0.174. The molecule has 134 valence electrons. The van der Waals surface area contributed by atoms with Crippen molar-refractivity contribution in [2.45, 2.75) is 44.5 Å². The Labute approximate surface area is 139 Å². The topological polar surface area (TPSA) is 143 Å². The SMILES string of the molecule is CC(=O)O[C@H]1[C@@H]2OC(=O)[C@@H](OC(C)=O)[C@@H]2O[C@@H]1n1ccc(=O)[nH]c1=O. The third-order valence-corrected chi connectivity index (χ3v) is 3.73. The summed E-state index contributed by atoms with van der Waals surface area (Å²) in [5.41, 5.74) is -1.42. The van der Waals surface area contributed by atoms with E-state index in [0.717, 1.165) is 30.7 Å². The van der Waals surface area contributed by atoms with Crippen molar-refractivity contribution >= 4 is 17.9 Å². The van der Waals surface area contributed by atoms with Gasteiger partial charge in [0.25, 0.3) is 5.56 Å². The average Bonchev–Trinajstić information content (AvgIpc) is 2.97. The Morgan fingerprint density at radius 3 is 2.40 bits per heavy atom. The summed E-state index contributed by atoms with van der Waals surface area (Å²) in [6, 6.07) is 1.08. The van der Waals surface area contributed by atoms with E-state index < -0.39 is 59.8 Å². The van der Waals surface area contributed by atoms with Crippen LogP contribution in [-0.2, 0) is 33.3 Å². The van der Waals surface area contributed by atoms with Gasteiger partial charge in [-0.1, -0.05) is 0 Å². The number of aromatic amines is 1. The summed E-state index contributed by atoms with van der Waals surface area (Å²) in [5, 5.41) is 0. The minimum Gasteiger partial charge on any atom is -0.454 e. The van der Waals surface area contributed by atoms with Gasteiger partial charge in [-0.3, -0.25) is 23.9 Å². The highest BCUT2D eigenvalue weighted by atomic mass is 16.7. The van der Waals surface area contributed by atoms with Gasteiger partial charge in [-0.15, -0.1) is 0 Å². The zero-order valence-corrected chi connectivity index (χ0v) is 13.2. The van der Waals surface area contributed by atoms with E-state index in [0.29, 0.717) is 0 Å². The number of nitrogens with zero attached hydrogens (tertiary/aromatic N) is 1. The number of fused-ring (bicyclic) bond motifs is 1. The standard InChI is InChI=1S/C14H14N2O9/c1-5(17)22-10-8-9(11(13(20)25-8)23-6(2)18)24-12(10)16-4-3-7(19)15-14(16)21/h3-4,8-12H,1-2H3,(H,15,19,21)/t8-,9-,10+,11+,12+/m1/s1. The summed E-state index contributed by atoms with van der Waals surface area (Å²) in [6.45, 7) is 2.25. The van der Waals surface area contributed by atoms with Crippen LogP contribution in [0.5, 0.6) is 0 Å². The minimum atomic E-state index is -1.34. The maximum Gasteiger partial charge on any atom is 0.350 e. The van der Waals surface area contributed by atoms with Gasteiger partial charge in [0.15, 0.2) is 18.4 Å². The van der Waals surface area contributed by atoms with Crippen LogP contribution in [0.15, 0.2) is 21.9 Å². The molecular weight excluding hydrogens is 340 g/mol. The maximum absolute atomic E-state index is 12.0. The quantitative estimate of drug-likeness (QED) is 0.492. The van der Waals surface area contributed by atoms with Gasteiger partial charge in [0.05, 0.1) is 0 Å². The van der Waals surface area contributed by atoms with E-state index >= 15 is 0 Å². The molecule has 0 aliphatic carbocycles. The Morgan fingerprint density at radius 2 is 1.80 bits per heavy atom. The Hall–Kier alpha value is -2.95. The predicted molar refractivity (Wildman–Crippen MR) is 76.2 cm³/mol. The number of carbonyl (C=O) groups excluding carboxylic acids is 3. The van der Waals surface area contributed by atoms with Gasteiger partial charge in [0, 0.05) is 26.1 Å². The molecule has 2 fully saturated rings. The molecule has 0 radical (unpaired) electrons. The number of esters is 3. The van der Waals surface area contributed by atoms with E-state index in [-0.39, 0.29) is 0 Å². The van der Waals surface area contributed by atoms with E-state index in [9.17, 15) is 24.0 Å². The highest BCUT2D eigenvalue weighted by Crippen LogP contribution is 2.39. The van der Waals surface area contributed by atoms with Crippen LogP contribution in [0.4, 0.5) is 0 Å². The molecule has 0 bridgehead atoms.